The highest BCUT2D eigenvalue weighted by atomic mass is 16.3. The summed E-state index contributed by atoms with van der Waals surface area (Å²) >= 11 is 0. The highest BCUT2D eigenvalue weighted by molar-refractivity contribution is 5.70. The lowest BCUT2D eigenvalue weighted by molar-refractivity contribution is 0.579. The van der Waals surface area contributed by atoms with Crippen LogP contribution in [0.1, 0.15) is 11.1 Å². The first-order chi connectivity index (χ1) is 9.70. The molecule has 0 spiro atoms. The van der Waals surface area contributed by atoms with Crippen molar-refractivity contribution in [3.8, 4) is 23.2 Å². The van der Waals surface area contributed by atoms with Crippen molar-refractivity contribution in [1.82, 2.24) is 9.78 Å². The predicted molar refractivity (Wildman–Crippen MR) is 75.1 cm³/mol. The van der Waals surface area contributed by atoms with Gasteiger partial charge in [-0.25, -0.2) is 4.68 Å². The Kier molecular flexibility index (Phi) is 2.77. The van der Waals surface area contributed by atoms with E-state index in [-0.39, 0.29) is 0 Å². The van der Waals surface area contributed by atoms with Crippen molar-refractivity contribution in [2.24, 2.45) is 0 Å². The van der Waals surface area contributed by atoms with Crippen LogP contribution in [-0.2, 0) is 0 Å². The number of aromatic nitrogens is 2. The molecule has 3 rings (SSSR count). The van der Waals surface area contributed by atoms with Crippen molar-refractivity contribution in [2.75, 3.05) is 5.73 Å². The summed E-state index contributed by atoms with van der Waals surface area (Å²) in [7, 11) is 0. The molecular formula is C15H12N4O. The van der Waals surface area contributed by atoms with E-state index in [1.165, 1.54) is 6.26 Å². The van der Waals surface area contributed by atoms with Crippen molar-refractivity contribution in [1.29, 1.82) is 5.26 Å². The van der Waals surface area contributed by atoms with Crippen LogP contribution in [0.4, 0.5) is 5.82 Å². The number of hydrogen-bond acceptors (Lipinski definition) is 4. The molecule has 2 aromatic heterocycles. The molecule has 0 amide bonds. The molecule has 5 nitrogen and oxygen atoms in total. The van der Waals surface area contributed by atoms with Crippen molar-refractivity contribution in [3.05, 3.63) is 53.8 Å². The van der Waals surface area contributed by atoms with Gasteiger partial charge in [-0.05, 0) is 31.2 Å². The minimum atomic E-state index is 0.308. The lowest BCUT2D eigenvalue weighted by atomic mass is 10.2. The van der Waals surface area contributed by atoms with Gasteiger partial charge in [0.25, 0.3) is 0 Å². The fourth-order valence-electron chi connectivity index (χ4n) is 2.01. The molecule has 3 aromatic rings. The van der Waals surface area contributed by atoms with Crippen LogP contribution in [0.25, 0.3) is 17.1 Å². The third-order valence-corrected chi connectivity index (χ3v) is 3.07. The summed E-state index contributed by atoms with van der Waals surface area (Å²) in [5.74, 6) is 0.835. The lowest BCUT2D eigenvalue weighted by Gasteiger charge is -2.03. The van der Waals surface area contributed by atoms with Gasteiger partial charge in [0.15, 0.2) is 5.76 Å². The topological polar surface area (TPSA) is 80.8 Å². The van der Waals surface area contributed by atoms with Gasteiger partial charge in [-0.3, -0.25) is 0 Å². The van der Waals surface area contributed by atoms with Crippen LogP contribution in [0.3, 0.4) is 0 Å². The largest absolute Gasteiger partial charge is 0.463 e. The average molecular weight is 264 g/mol. The summed E-state index contributed by atoms with van der Waals surface area (Å²) in [5, 5.41) is 13.7. The Balaban J connectivity index is 2.19. The molecule has 0 saturated heterocycles. The molecule has 0 fully saturated rings. The second kappa shape index (κ2) is 4.59. The van der Waals surface area contributed by atoms with E-state index in [0.29, 0.717) is 22.8 Å². The number of aryl methyl sites for hydroxylation is 1. The number of rotatable bonds is 2. The van der Waals surface area contributed by atoms with Crippen molar-refractivity contribution < 1.29 is 4.42 Å². The second-order valence-corrected chi connectivity index (χ2v) is 4.45. The third-order valence-electron chi connectivity index (χ3n) is 3.07. The van der Waals surface area contributed by atoms with E-state index in [2.05, 4.69) is 11.2 Å². The number of nitriles is 1. The van der Waals surface area contributed by atoms with Crippen LogP contribution in [-0.4, -0.2) is 9.78 Å². The van der Waals surface area contributed by atoms with Gasteiger partial charge in [0.05, 0.1) is 12.0 Å². The number of nitrogens with zero attached hydrogens (tertiary/aromatic N) is 3. The van der Waals surface area contributed by atoms with Gasteiger partial charge in [-0.2, -0.15) is 10.4 Å². The molecule has 0 atom stereocenters. The Morgan fingerprint density at radius 1 is 1.25 bits per heavy atom. The number of nitrogens with two attached hydrogens (primary N) is 1. The number of nitrogen functional groups attached to an aromatic ring is 1. The Bertz CT molecular complexity index is 777. The molecule has 2 heterocycles. The summed E-state index contributed by atoms with van der Waals surface area (Å²) in [6, 6.07) is 13.3. The maximum Gasteiger partial charge on any atom is 0.155 e. The molecule has 20 heavy (non-hydrogen) atoms. The van der Waals surface area contributed by atoms with Gasteiger partial charge in [0.2, 0.25) is 0 Å². The van der Waals surface area contributed by atoms with Gasteiger partial charge in [-0.15, -0.1) is 0 Å². The summed E-state index contributed by atoms with van der Waals surface area (Å²) in [6.07, 6.45) is 1.54. The first-order valence-corrected chi connectivity index (χ1v) is 6.10. The quantitative estimate of drug-likeness (QED) is 0.771. The third kappa shape index (κ3) is 1.84. The number of hydrogen-bond donors (Lipinski definition) is 1. The molecule has 5 heteroatoms. The Labute approximate surface area is 115 Å². The zero-order chi connectivity index (χ0) is 14.1. The van der Waals surface area contributed by atoms with Gasteiger partial charge < -0.3 is 10.2 Å². The highest BCUT2D eigenvalue weighted by Crippen LogP contribution is 2.28. The number of benzene rings is 1. The lowest BCUT2D eigenvalue weighted by Crippen LogP contribution is -2.02. The first kappa shape index (κ1) is 12.1. The molecule has 0 aliphatic carbocycles. The van der Waals surface area contributed by atoms with Gasteiger partial charge in [0.1, 0.15) is 23.1 Å². The average Bonchev–Trinajstić information content (AvgIpc) is 3.07. The van der Waals surface area contributed by atoms with E-state index in [4.69, 9.17) is 10.2 Å². The molecule has 1 aromatic carbocycles. The van der Waals surface area contributed by atoms with E-state index in [1.54, 1.807) is 16.8 Å². The van der Waals surface area contributed by atoms with Gasteiger partial charge in [-0.1, -0.05) is 17.7 Å². The molecule has 0 bridgehead atoms. The van der Waals surface area contributed by atoms with E-state index >= 15 is 0 Å². The smallest absolute Gasteiger partial charge is 0.155 e. The van der Waals surface area contributed by atoms with Gasteiger partial charge in [0, 0.05) is 0 Å². The monoisotopic (exact) mass is 264 g/mol. The van der Waals surface area contributed by atoms with Crippen LogP contribution in [0, 0.1) is 18.3 Å². The van der Waals surface area contributed by atoms with Crippen LogP contribution in [0.5, 0.6) is 0 Å². The minimum Gasteiger partial charge on any atom is -0.463 e. The second-order valence-electron chi connectivity index (χ2n) is 4.45. The molecule has 2 N–H and O–H groups in total. The standard InChI is InChI=1S/C15H12N4O/c1-10-4-6-11(7-5-10)19-15(17)12(9-16)14(18-19)13-3-2-8-20-13/h2-8H,17H2,1H3. The first-order valence-electron chi connectivity index (χ1n) is 6.10. The predicted octanol–water partition coefficient (Wildman–Crippen LogP) is 2.89. The summed E-state index contributed by atoms with van der Waals surface area (Å²) in [6.45, 7) is 2.01. The maximum absolute atomic E-state index is 9.28. The molecular weight excluding hydrogens is 252 g/mol. The number of anilines is 1. The Morgan fingerprint density at radius 2 is 2.00 bits per heavy atom. The Morgan fingerprint density at radius 3 is 2.60 bits per heavy atom. The number of furan rings is 1. The molecule has 98 valence electrons. The fourth-order valence-corrected chi connectivity index (χ4v) is 2.01. The maximum atomic E-state index is 9.28. The zero-order valence-corrected chi connectivity index (χ0v) is 10.9. The van der Waals surface area contributed by atoms with Crippen LogP contribution < -0.4 is 5.73 Å². The van der Waals surface area contributed by atoms with Crippen molar-refractivity contribution in [2.45, 2.75) is 6.92 Å². The van der Waals surface area contributed by atoms with Crippen molar-refractivity contribution >= 4 is 5.82 Å². The SMILES string of the molecule is Cc1ccc(-n2nc(-c3ccco3)c(C#N)c2N)cc1. The van der Waals surface area contributed by atoms with E-state index < -0.39 is 0 Å². The zero-order valence-electron chi connectivity index (χ0n) is 10.9. The van der Waals surface area contributed by atoms with Crippen LogP contribution in [0.2, 0.25) is 0 Å². The summed E-state index contributed by atoms with van der Waals surface area (Å²) in [4.78, 5) is 0. The fraction of sp³-hybridized carbons (Fsp3) is 0.0667. The Hall–Kier alpha value is -3.00. The molecule has 0 radical (unpaired) electrons. The van der Waals surface area contributed by atoms with Crippen LogP contribution in [0.15, 0.2) is 47.1 Å². The van der Waals surface area contributed by atoms with Crippen molar-refractivity contribution in [3.63, 3.8) is 0 Å². The molecule has 0 unspecified atom stereocenters. The van der Waals surface area contributed by atoms with E-state index in [9.17, 15) is 5.26 Å². The molecule has 0 aliphatic rings. The molecule has 0 saturated carbocycles. The normalized spacial score (nSPS) is 10.4. The minimum absolute atomic E-state index is 0.308. The highest BCUT2D eigenvalue weighted by Gasteiger charge is 2.19. The van der Waals surface area contributed by atoms with E-state index in [1.807, 2.05) is 31.2 Å². The molecule has 0 aliphatic heterocycles. The summed E-state index contributed by atoms with van der Waals surface area (Å²) in [5.41, 5.74) is 8.75. The van der Waals surface area contributed by atoms with Crippen LogP contribution >= 0.6 is 0 Å². The summed E-state index contributed by atoms with van der Waals surface area (Å²) < 4.78 is 6.85. The van der Waals surface area contributed by atoms with E-state index in [0.717, 1.165) is 11.3 Å². The van der Waals surface area contributed by atoms with Gasteiger partial charge >= 0.3 is 0 Å².